The van der Waals surface area contributed by atoms with Gasteiger partial charge < -0.3 is 14.1 Å². The van der Waals surface area contributed by atoms with Crippen LogP contribution in [0.3, 0.4) is 0 Å². The number of nitrogens with zero attached hydrogens (tertiary/aromatic N) is 1. The topological polar surface area (TPSA) is 42.7 Å². The van der Waals surface area contributed by atoms with Crippen LogP contribution in [0.4, 0.5) is 0 Å². The van der Waals surface area contributed by atoms with Crippen molar-refractivity contribution >= 4 is 5.91 Å². The second-order valence-corrected chi connectivity index (χ2v) is 6.13. The Hall–Kier alpha value is -3.45. The lowest BCUT2D eigenvalue weighted by molar-refractivity contribution is -0.138. The van der Waals surface area contributed by atoms with Gasteiger partial charge in [-0.05, 0) is 42.3 Å². The SMILES string of the molecule is C#CCN(Cc1ccco1)C(=O)C(C)Oc1ccc(-c2ccccc2)cc1. The first kappa shape index (κ1) is 18.3. The van der Waals surface area contributed by atoms with Gasteiger partial charge in [0.15, 0.2) is 6.10 Å². The Morgan fingerprint density at radius 3 is 2.41 bits per heavy atom. The van der Waals surface area contributed by atoms with E-state index in [0.717, 1.165) is 11.1 Å². The third-order valence-corrected chi connectivity index (χ3v) is 4.14. The summed E-state index contributed by atoms with van der Waals surface area (Å²) >= 11 is 0. The number of terminal acetylenes is 1. The zero-order chi connectivity index (χ0) is 19.1. The number of carbonyl (C=O) groups is 1. The summed E-state index contributed by atoms with van der Waals surface area (Å²) in [6.07, 6.45) is 6.32. The fourth-order valence-corrected chi connectivity index (χ4v) is 2.78. The zero-order valence-corrected chi connectivity index (χ0v) is 15.2. The maximum atomic E-state index is 12.7. The summed E-state index contributed by atoms with van der Waals surface area (Å²) in [5.74, 6) is 3.64. The molecule has 0 saturated heterocycles. The normalized spacial score (nSPS) is 11.4. The number of benzene rings is 2. The molecular formula is C23H21NO3. The smallest absolute Gasteiger partial charge is 0.264 e. The van der Waals surface area contributed by atoms with E-state index >= 15 is 0 Å². The van der Waals surface area contributed by atoms with Crippen LogP contribution in [0.5, 0.6) is 5.75 Å². The highest BCUT2D eigenvalue weighted by Crippen LogP contribution is 2.23. The molecule has 27 heavy (non-hydrogen) atoms. The average molecular weight is 359 g/mol. The first-order valence-electron chi connectivity index (χ1n) is 8.74. The molecule has 3 rings (SSSR count). The summed E-state index contributed by atoms with van der Waals surface area (Å²) in [5.41, 5.74) is 2.22. The minimum Gasteiger partial charge on any atom is -0.481 e. The largest absolute Gasteiger partial charge is 0.481 e. The molecule has 0 radical (unpaired) electrons. The van der Waals surface area contributed by atoms with E-state index in [9.17, 15) is 4.79 Å². The van der Waals surface area contributed by atoms with Crippen molar-refractivity contribution in [2.24, 2.45) is 0 Å². The molecule has 0 aliphatic heterocycles. The van der Waals surface area contributed by atoms with Gasteiger partial charge in [0.25, 0.3) is 5.91 Å². The lowest BCUT2D eigenvalue weighted by Gasteiger charge is -2.23. The van der Waals surface area contributed by atoms with Crippen molar-refractivity contribution in [1.29, 1.82) is 0 Å². The van der Waals surface area contributed by atoms with Crippen molar-refractivity contribution < 1.29 is 13.9 Å². The van der Waals surface area contributed by atoms with E-state index in [1.165, 1.54) is 0 Å². The van der Waals surface area contributed by atoms with Crippen LogP contribution in [0.1, 0.15) is 12.7 Å². The van der Waals surface area contributed by atoms with Crippen LogP contribution in [0.25, 0.3) is 11.1 Å². The maximum Gasteiger partial charge on any atom is 0.264 e. The summed E-state index contributed by atoms with van der Waals surface area (Å²) in [6.45, 7) is 2.23. The van der Waals surface area contributed by atoms with Gasteiger partial charge in [0.2, 0.25) is 0 Å². The first-order valence-corrected chi connectivity index (χ1v) is 8.74. The van der Waals surface area contributed by atoms with E-state index in [1.54, 1.807) is 24.2 Å². The molecule has 0 aliphatic carbocycles. The molecule has 4 nitrogen and oxygen atoms in total. The lowest BCUT2D eigenvalue weighted by Crippen LogP contribution is -2.40. The molecule has 0 bridgehead atoms. The Kier molecular flexibility index (Phi) is 5.96. The Bertz CT molecular complexity index is 893. The van der Waals surface area contributed by atoms with Crippen LogP contribution >= 0.6 is 0 Å². The number of hydrogen-bond acceptors (Lipinski definition) is 3. The first-order chi connectivity index (χ1) is 13.2. The van der Waals surface area contributed by atoms with Gasteiger partial charge in [0.1, 0.15) is 11.5 Å². The molecular weight excluding hydrogens is 338 g/mol. The van der Waals surface area contributed by atoms with E-state index in [4.69, 9.17) is 15.6 Å². The third-order valence-electron chi connectivity index (χ3n) is 4.14. The molecule has 136 valence electrons. The van der Waals surface area contributed by atoms with E-state index in [-0.39, 0.29) is 12.5 Å². The van der Waals surface area contributed by atoms with Crippen molar-refractivity contribution in [2.45, 2.75) is 19.6 Å². The fraction of sp³-hybridized carbons (Fsp3) is 0.174. The summed E-state index contributed by atoms with van der Waals surface area (Å²) in [6, 6.07) is 21.4. The van der Waals surface area contributed by atoms with Crippen molar-refractivity contribution in [3.63, 3.8) is 0 Å². The van der Waals surface area contributed by atoms with Gasteiger partial charge in [-0.15, -0.1) is 6.42 Å². The highest BCUT2D eigenvalue weighted by molar-refractivity contribution is 5.81. The van der Waals surface area contributed by atoms with Crippen LogP contribution in [0.2, 0.25) is 0 Å². The number of rotatable bonds is 7. The number of carbonyl (C=O) groups excluding carboxylic acids is 1. The van der Waals surface area contributed by atoms with Gasteiger partial charge in [-0.3, -0.25) is 4.79 Å². The molecule has 0 spiro atoms. The highest BCUT2D eigenvalue weighted by Gasteiger charge is 2.22. The second kappa shape index (κ2) is 8.77. The van der Waals surface area contributed by atoms with Gasteiger partial charge in [0.05, 0.1) is 19.4 Å². The van der Waals surface area contributed by atoms with Crippen LogP contribution < -0.4 is 4.74 Å². The van der Waals surface area contributed by atoms with Crippen LogP contribution in [0, 0.1) is 12.3 Å². The fourth-order valence-electron chi connectivity index (χ4n) is 2.78. The monoisotopic (exact) mass is 359 g/mol. The standard InChI is InChI=1S/C23H21NO3/c1-3-15-24(17-22-10-7-16-26-22)23(25)18(2)27-21-13-11-20(12-14-21)19-8-5-4-6-9-19/h1,4-14,16,18H,15,17H2,2H3. The molecule has 3 aromatic rings. The average Bonchev–Trinajstić information content (AvgIpc) is 3.21. The molecule has 1 aromatic heterocycles. The zero-order valence-electron chi connectivity index (χ0n) is 15.2. The van der Waals surface area contributed by atoms with E-state index in [0.29, 0.717) is 18.1 Å². The lowest BCUT2D eigenvalue weighted by atomic mass is 10.1. The molecule has 0 fully saturated rings. The Morgan fingerprint density at radius 1 is 1.07 bits per heavy atom. The summed E-state index contributed by atoms with van der Waals surface area (Å²) in [4.78, 5) is 14.3. The Labute approximate surface area is 159 Å². The van der Waals surface area contributed by atoms with Crippen molar-refractivity contribution in [3.05, 3.63) is 78.8 Å². The van der Waals surface area contributed by atoms with Crippen molar-refractivity contribution in [2.75, 3.05) is 6.54 Å². The second-order valence-electron chi connectivity index (χ2n) is 6.13. The van der Waals surface area contributed by atoms with Crippen molar-refractivity contribution in [1.82, 2.24) is 4.90 Å². The maximum absolute atomic E-state index is 12.7. The molecule has 2 aromatic carbocycles. The molecule has 1 amide bonds. The van der Waals surface area contributed by atoms with Crippen molar-refractivity contribution in [3.8, 4) is 29.2 Å². The summed E-state index contributed by atoms with van der Waals surface area (Å²) < 4.78 is 11.1. The number of hydrogen-bond donors (Lipinski definition) is 0. The van der Waals surface area contributed by atoms with E-state index in [2.05, 4.69) is 5.92 Å². The van der Waals surface area contributed by atoms with Gasteiger partial charge in [-0.25, -0.2) is 0 Å². The number of amides is 1. The predicted octanol–water partition coefficient (Wildman–Crippen LogP) is 4.38. The molecule has 1 atom stereocenters. The van der Waals surface area contributed by atoms with Gasteiger partial charge in [-0.1, -0.05) is 48.4 Å². The van der Waals surface area contributed by atoms with Crippen LogP contribution in [-0.4, -0.2) is 23.5 Å². The molecule has 0 N–H and O–H groups in total. The van der Waals surface area contributed by atoms with E-state index < -0.39 is 6.10 Å². The molecule has 1 heterocycles. The molecule has 0 saturated carbocycles. The molecule has 4 heteroatoms. The summed E-state index contributed by atoms with van der Waals surface area (Å²) in [7, 11) is 0. The van der Waals surface area contributed by atoms with Gasteiger partial charge >= 0.3 is 0 Å². The number of ether oxygens (including phenoxy) is 1. The summed E-state index contributed by atoms with van der Waals surface area (Å²) in [5, 5.41) is 0. The minimum atomic E-state index is -0.657. The van der Waals surface area contributed by atoms with Crippen LogP contribution in [0.15, 0.2) is 77.4 Å². The van der Waals surface area contributed by atoms with Gasteiger partial charge in [0, 0.05) is 0 Å². The predicted molar refractivity (Wildman–Crippen MR) is 105 cm³/mol. The third kappa shape index (κ3) is 4.80. The Balaban J connectivity index is 1.65. The molecule has 1 unspecified atom stereocenters. The number of furan rings is 1. The minimum absolute atomic E-state index is 0.184. The quantitative estimate of drug-likeness (QED) is 0.588. The molecule has 0 aliphatic rings. The van der Waals surface area contributed by atoms with E-state index in [1.807, 2.05) is 60.7 Å². The Morgan fingerprint density at radius 2 is 1.78 bits per heavy atom. The van der Waals surface area contributed by atoms with Crippen LogP contribution in [-0.2, 0) is 11.3 Å². The highest BCUT2D eigenvalue weighted by atomic mass is 16.5. The van der Waals surface area contributed by atoms with Gasteiger partial charge in [-0.2, -0.15) is 0 Å².